The van der Waals surface area contributed by atoms with E-state index in [0.717, 1.165) is 27.7 Å². The SMILES string of the molecule is CCc1nn(Cc2ccccc2Br)c(Cl)c1CO. The number of aliphatic hydroxyl groups excluding tert-OH is 1. The van der Waals surface area contributed by atoms with Crippen molar-refractivity contribution in [3.05, 3.63) is 50.7 Å². The summed E-state index contributed by atoms with van der Waals surface area (Å²) in [4.78, 5) is 0. The van der Waals surface area contributed by atoms with Gasteiger partial charge in [0.15, 0.2) is 0 Å². The van der Waals surface area contributed by atoms with Crippen LogP contribution in [0.1, 0.15) is 23.7 Å². The molecule has 1 aromatic heterocycles. The van der Waals surface area contributed by atoms with Crippen LogP contribution in [0.2, 0.25) is 5.15 Å². The van der Waals surface area contributed by atoms with Crippen LogP contribution < -0.4 is 0 Å². The van der Waals surface area contributed by atoms with Gasteiger partial charge in [-0.1, -0.05) is 52.7 Å². The molecule has 0 bridgehead atoms. The fourth-order valence-corrected chi connectivity index (χ4v) is 2.53. The van der Waals surface area contributed by atoms with Crippen molar-refractivity contribution in [3.8, 4) is 0 Å². The minimum absolute atomic E-state index is 0.0715. The van der Waals surface area contributed by atoms with Gasteiger partial charge in [-0.15, -0.1) is 0 Å². The van der Waals surface area contributed by atoms with Crippen LogP contribution in [0.4, 0.5) is 0 Å². The molecule has 0 saturated heterocycles. The molecule has 96 valence electrons. The number of hydrogen-bond donors (Lipinski definition) is 1. The highest BCUT2D eigenvalue weighted by molar-refractivity contribution is 9.10. The summed E-state index contributed by atoms with van der Waals surface area (Å²) in [6, 6.07) is 7.95. The molecule has 2 aromatic rings. The zero-order valence-corrected chi connectivity index (χ0v) is 12.4. The van der Waals surface area contributed by atoms with Crippen molar-refractivity contribution in [2.45, 2.75) is 26.5 Å². The van der Waals surface area contributed by atoms with E-state index in [4.69, 9.17) is 11.6 Å². The van der Waals surface area contributed by atoms with Crippen molar-refractivity contribution in [2.75, 3.05) is 0 Å². The van der Waals surface area contributed by atoms with Crippen LogP contribution in [0.5, 0.6) is 0 Å². The molecule has 1 heterocycles. The second-order valence-corrected chi connectivity index (χ2v) is 5.19. The summed E-state index contributed by atoms with van der Waals surface area (Å²) in [6.45, 7) is 2.52. The third kappa shape index (κ3) is 2.60. The molecule has 0 aliphatic rings. The fraction of sp³-hybridized carbons (Fsp3) is 0.308. The van der Waals surface area contributed by atoms with Gasteiger partial charge in [0.05, 0.1) is 18.8 Å². The molecule has 0 aliphatic carbocycles. The van der Waals surface area contributed by atoms with E-state index in [-0.39, 0.29) is 6.61 Å². The van der Waals surface area contributed by atoms with Gasteiger partial charge in [-0.05, 0) is 18.1 Å². The summed E-state index contributed by atoms with van der Waals surface area (Å²) in [5.41, 5.74) is 2.69. The lowest BCUT2D eigenvalue weighted by Gasteiger charge is -2.05. The highest BCUT2D eigenvalue weighted by atomic mass is 79.9. The summed E-state index contributed by atoms with van der Waals surface area (Å²) in [5, 5.41) is 14.3. The molecule has 1 aromatic carbocycles. The molecule has 5 heteroatoms. The van der Waals surface area contributed by atoms with Gasteiger partial charge in [-0.3, -0.25) is 0 Å². The lowest BCUT2D eigenvalue weighted by molar-refractivity contribution is 0.280. The molecule has 18 heavy (non-hydrogen) atoms. The third-order valence-electron chi connectivity index (χ3n) is 2.84. The molecule has 1 N–H and O–H groups in total. The van der Waals surface area contributed by atoms with Gasteiger partial charge in [0.25, 0.3) is 0 Å². The van der Waals surface area contributed by atoms with E-state index in [0.29, 0.717) is 11.7 Å². The monoisotopic (exact) mass is 328 g/mol. The van der Waals surface area contributed by atoms with Crippen LogP contribution in [0.25, 0.3) is 0 Å². The maximum Gasteiger partial charge on any atom is 0.133 e. The highest BCUT2D eigenvalue weighted by Gasteiger charge is 2.14. The second kappa shape index (κ2) is 5.87. The predicted octanol–water partition coefficient (Wildman–Crippen LogP) is 3.40. The number of nitrogens with zero attached hydrogens (tertiary/aromatic N) is 2. The lowest BCUT2D eigenvalue weighted by Crippen LogP contribution is -2.03. The van der Waals surface area contributed by atoms with Crippen LogP contribution in [0, 0.1) is 0 Å². The lowest BCUT2D eigenvalue weighted by atomic mass is 10.2. The standard InChI is InChI=1S/C13H14BrClN2O/c1-2-12-10(8-18)13(15)17(16-12)7-9-5-3-4-6-11(9)14/h3-6,18H,2,7-8H2,1H3. The van der Waals surface area contributed by atoms with E-state index in [9.17, 15) is 5.11 Å². The maximum atomic E-state index is 9.32. The Labute approximate surface area is 120 Å². The second-order valence-electron chi connectivity index (χ2n) is 3.98. The molecule has 0 spiro atoms. The Balaban J connectivity index is 2.35. The summed E-state index contributed by atoms with van der Waals surface area (Å²) >= 11 is 9.74. The summed E-state index contributed by atoms with van der Waals surface area (Å²) in [6.07, 6.45) is 0.762. The Morgan fingerprint density at radius 2 is 2.11 bits per heavy atom. The Bertz CT molecular complexity index is 554. The Morgan fingerprint density at radius 1 is 1.39 bits per heavy atom. The minimum atomic E-state index is -0.0715. The van der Waals surface area contributed by atoms with Crippen LogP contribution in [-0.2, 0) is 19.6 Å². The van der Waals surface area contributed by atoms with E-state index in [1.54, 1.807) is 4.68 Å². The molecule has 0 aliphatic heterocycles. The fourth-order valence-electron chi connectivity index (χ4n) is 1.86. The molecule has 0 atom stereocenters. The number of aliphatic hydroxyl groups is 1. The first kappa shape index (κ1) is 13.6. The van der Waals surface area contributed by atoms with Gasteiger partial charge in [-0.25, -0.2) is 4.68 Å². The first-order valence-electron chi connectivity index (χ1n) is 5.75. The smallest absolute Gasteiger partial charge is 0.133 e. The van der Waals surface area contributed by atoms with Crippen molar-refractivity contribution in [1.82, 2.24) is 9.78 Å². The van der Waals surface area contributed by atoms with Crippen molar-refractivity contribution in [2.24, 2.45) is 0 Å². The number of hydrogen-bond acceptors (Lipinski definition) is 2. The van der Waals surface area contributed by atoms with E-state index in [1.807, 2.05) is 31.2 Å². The van der Waals surface area contributed by atoms with E-state index in [1.165, 1.54) is 0 Å². The first-order valence-corrected chi connectivity index (χ1v) is 6.92. The van der Waals surface area contributed by atoms with Gasteiger partial charge in [-0.2, -0.15) is 5.10 Å². The average Bonchev–Trinajstić information content (AvgIpc) is 2.68. The molecule has 0 fully saturated rings. The van der Waals surface area contributed by atoms with Gasteiger partial charge in [0.1, 0.15) is 5.15 Å². The van der Waals surface area contributed by atoms with Gasteiger partial charge in [0.2, 0.25) is 0 Å². The number of aromatic nitrogens is 2. The average molecular weight is 330 g/mol. The number of halogens is 2. The summed E-state index contributed by atoms with van der Waals surface area (Å²) < 4.78 is 2.76. The first-order chi connectivity index (χ1) is 8.67. The molecule has 0 amide bonds. The van der Waals surface area contributed by atoms with Crippen LogP contribution in [0.15, 0.2) is 28.7 Å². The van der Waals surface area contributed by atoms with Gasteiger partial charge >= 0.3 is 0 Å². The number of benzene rings is 1. The quantitative estimate of drug-likeness (QED) is 0.933. The van der Waals surface area contributed by atoms with Crippen molar-refractivity contribution >= 4 is 27.5 Å². The van der Waals surface area contributed by atoms with Crippen LogP contribution in [-0.4, -0.2) is 14.9 Å². The van der Waals surface area contributed by atoms with E-state index < -0.39 is 0 Å². The number of aryl methyl sites for hydroxylation is 1. The van der Waals surface area contributed by atoms with Gasteiger partial charge in [0, 0.05) is 10.0 Å². The van der Waals surface area contributed by atoms with Crippen molar-refractivity contribution in [1.29, 1.82) is 0 Å². The van der Waals surface area contributed by atoms with Crippen molar-refractivity contribution < 1.29 is 5.11 Å². The summed E-state index contributed by atoms with van der Waals surface area (Å²) in [5.74, 6) is 0. The zero-order valence-electron chi connectivity index (χ0n) is 10.0. The molecule has 2 rings (SSSR count). The van der Waals surface area contributed by atoms with Gasteiger partial charge < -0.3 is 5.11 Å². The largest absolute Gasteiger partial charge is 0.391 e. The van der Waals surface area contributed by atoms with E-state index in [2.05, 4.69) is 21.0 Å². The predicted molar refractivity (Wildman–Crippen MR) is 75.8 cm³/mol. The molecular formula is C13H14BrClN2O. The minimum Gasteiger partial charge on any atom is -0.391 e. The molecule has 0 radical (unpaired) electrons. The Kier molecular flexibility index (Phi) is 4.43. The van der Waals surface area contributed by atoms with Crippen LogP contribution >= 0.6 is 27.5 Å². The highest BCUT2D eigenvalue weighted by Crippen LogP contribution is 2.24. The zero-order chi connectivity index (χ0) is 13.1. The molecule has 3 nitrogen and oxygen atoms in total. The number of rotatable bonds is 4. The third-order valence-corrected chi connectivity index (χ3v) is 4.03. The normalized spacial score (nSPS) is 10.9. The molecule has 0 saturated carbocycles. The molecular weight excluding hydrogens is 316 g/mol. The van der Waals surface area contributed by atoms with Crippen molar-refractivity contribution in [3.63, 3.8) is 0 Å². The molecule has 0 unspecified atom stereocenters. The topological polar surface area (TPSA) is 38.0 Å². The Hall–Kier alpha value is -0.840. The summed E-state index contributed by atoms with van der Waals surface area (Å²) in [7, 11) is 0. The van der Waals surface area contributed by atoms with Crippen LogP contribution in [0.3, 0.4) is 0 Å². The Morgan fingerprint density at radius 3 is 2.67 bits per heavy atom. The maximum absolute atomic E-state index is 9.32. The van der Waals surface area contributed by atoms with E-state index >= 15 is 0 Å².